The first-order valence-corrected chi connectivity index (χ1v) is 6.07. The van der Waals surface area contributed by atoms with Gasteiger partial charge in [-0.25, -0.2) is 0 Å². The van der Waals surface area contributed by atoms with Gasteiger partial charge in [0.2, 0.25) is 0 Å². The second kappa shape index (κ2) is 4.77. The molecule has 0 saturated carbocycles. The molecule has 1 aliphatic rings. The van der Waals surface area contributed by atoms with Crippen LogP contribution in [0.3, 0.4) is 0 Å². The summed E-state index contributed by atoms with van der Waals surface area (Å²) in [5, 5.41) is 5.17. The Labute approximate surface area is 93.4 Å². The SMILES string of the molecule is COc1ccsc1C(=O)C1CCNCC1. The highest BCUT2D eigenvalue weighted by Gasteiger charge is 2.25. The highest BCUT2D eigenvalue weighted by molar-refractivity contribution is 7.12. The van der Waals surface area contributed by atoms with Crippen LogP contribution in [0.1, 0.15) is 22.5 Å². The van der Waals surface area contributed by atoms with Crippen LogP contribution in [0.15, 0.2) is 11.4 Å². The third kappa shape index (κ3) is 2.21. The van der Waals surface area contributed by atoms with Gasteiger partial charge in [0.15, 0.2) is 5.78 Å². The van der Waals surface area contributed by atoms with Crippen LogP contribution in [-0.4, -0.2) is 26.0 Å². The van der Waals surface area contributed by atoms with Crippen molar-refractivity contribution in [2.45, 2.75) is 12.8 Å². The van der Waals surface area contributed by atoms with Gasteiger partial charge >= 0.3 is 0 Å². The molecule has 0 spiro atoms. The zero-order valence-corrected chi connectivity index (χ0v) is 9.60. The maximum absolute atomic E-state index is 12.1. The molecule has 1 aromatic heterocycles. The van der Waals surface area contributed by atoms with Crippen molar-refractivity contribution in [2.75, 3.05) is 20.2 Å². The van der Waals surface area contributed by atoms with Gasteiger partial charge in [-0.15, -0.1) is 11.3 Å². The van der Waals surface area contributed by atoms with Gasteiger partial charge < -0.3 is 10.1 Å². The molecule has 1 fully saturated rings. The van der Waals surface area contributed by atoms with Crippen LogP contribution in [0.4, 0.5) is 0 Å². The molecular formula is C11H15NO2S. The Morgan fingerprint density at radius 2 is 2.27 bits per heavy atom. The number of thiophene rings is 1. The summed E-state index contributed by atoms with van der Waals surface area (Å²) in [6, 6.07) is 1.86. The molecule has 2 rings (SSSR count). The largest absolute Gasteiger partial charge is 0.495 e. The number of hydrogen-bond donors (Lipinski definition) is 1. The molecule has 15 heavy (non-hydrogen) atoms. The summed E-state index contributed by atoms with van der Waals surface area (Å²) in [7, 11) is 1.61. The van der Waals surface area contributed by atoms with E-state index >= 15 is 0 Å². The number of hydrogen-bond acceptors (Lipinski definition) is 4. The summed E-state index contributed by atoms with van der Waals surface area (Å²) in [6.45, 7) is 1.90. The van der Waals surface area contributed by atoms with E-state index in [0.29, 0.717) is 0 Å². The number of nitrogens with one attached hydrogen (secondary N) is 1. The van der Waals surface area contributed by atoms with Crippen LogP contribution in [0, 0.1) is 5.92 Å². The van der Waals surface area contributed by atoms with Gasteiger partial charge in [-0.3, -0.25) is 4.79 Å². The van der Waals surface area contributed by atoms with Crippen LogP contribution in [0.2, 0.25) is 0 Å². The minimum atomic E-state index is 0.179. The van der Waals surface area contributed by atoms with Crippen LogP contribution < -0.4 is 10.1 Å². The van der Waals surface area contributed by atoms with Crippen LogP contribution in [-0.2, 0) is 0 Å². The minimum Gasteiger partial charge on any atom is -0.495 e. The lowest BCUT2D eigenvalue weighted by molar-refractivity contribution is 0.0896. The van der Waals surface area contributed by atoms with Gasteiger partial charge in [-0.2, -0.15) is 0 Å². The lowest BCUT2D eigenvalue weighted by atomic mass is 9.92. The molecule has 1 saturated heterocycles. The fourth-order valence-corrected chi connectivity index (χ4v) is 2.79. The van der Waals surface area contributed by atoms with Gasteiger partial charge in [0.1, 0.15) is 10.6 Å². The second-order valence-electron chi connectivity index (χ2n) is 3.71. The number of ether oxygens (including phenoxy) is 1. The third-order valence-electron chi connectivity index (χ3n) is 2.78. The van der Waals surface area contributed by atoms with E-state index in [9.17, 15) is 4.79 Å². The summed E-state index contributed by atoms with van der Waals surface area (Å²) in [6.07, 6.45) is 1.89. The average Bonchev–Trinajstić information content (AvgIpc) is 2.77. The van der Waals surface area contributed by atoms with E-state index in [2.05, 4.69) is 5.32 Å². The molecule has 1 aliphatic heterocycles. The second-order valence-corrected chi connectivity index (χ2v) is 4.62. The summed E-state index contributed by atoms with van der Waals surface area (Å²) in [5.41, 5.74) is 0. The van der Waals surface area contributed by atoms with Crippen molar-refractivity contribution in [3.63, 3.8) is 0 Å². The lowest BCUT2D eigenvalue weighted by Crippen LogP contribution is -2.31. The topological polar surface area (TPSA) is 38.3 Å². The molecule has 0 radical (unpaired) electrons. The van der Waals surface area contributed by atoms with Gasteiger partial charge in [0.05, 0.1) is 7.11 Å². The van der Waals surface area contributed by atoms with E-state index < -0.39 is 0 Å². The molecule has 0 aliphatic carbocycles. The average molecular weight is 225 g/mol. The lowest BCUT2D eigenvalue weighted by Gasteiger charge is -2.21. The van der Waals surface area contributed by atoms with E-state index in [1.165, 1.54) is 11.3 Å². The van der Waals surface area contributed by atoms with E-state index in [4.69, 9.17) is 4.74 Å². The number of rotatable bonds is 3. The summed E-state index contributed by atoms with van der Waals surface area (Å²) in [4.78, 5) is 12.9. The standard InChI is InChI=1S/C11H15NO2S/c1-14-9-4-7-15-11(9)10(13)8-2-5-12-6-3-8/h4,7-8,12H,2-3,5-6H2,1H3. The number of carbonyl (C=O) groups excluding carboxylic acids is 1. The predicted molar refractivity (Wildman–Crippen MR) is 60.8 cm³/mol. The molecular weight excluding hydrogens is 210 g/mol. The van der Waals surface area contributed by atoms with Crippen molar-refractivity contribution in [2.24, 2.45) is 5.92 Å². The Hall–Kier alpha value is -0.870. The minimum absolute atomic E-state index is 0.179. The maximum Gasteiger partial charge on any atom is 0.179 e. The van der Waals surface area contributed by atoms with Gasteiger partial charge in [-0.1, -0.05) is 0 Å². The van der Waals surface area contributed by atoms with Crippen LogP contribution in [0.25, 0.3) is 0 Å². The Bertz CT molecular complexity index is 342. The van der Waals surface area contributed by atoms with Gasteiger partial charge in [0, 0.05) is 5.92 Å². The third-order valence-corrected chi connectivity index (χ3v) is 3.69. The molecule has 0 unspecified atom stereocenters. The monoisotopic (exact) mass is 225 g/mol. The highest BCUT2D eigenvalue weighted by atomic mass is 32.1. The van der Waals surface area contributed by atoms with E-state index in [1.54, 1.807) is 7.11 Å². The van der Waals surface area contributed by atoms with Crippen molar-refractivity contribution < 1.29 is 9.53 Å². The molecule has 1 aromatic rings. The predicted octanol–water partition coefficient (Wildman–Crippen LogP) is 1.94. The Morgan fingerprint density at radius 1 is 1.53 bits per heavy atom. The van der Waals surface area contributed by atoms with E-state index in [-0.39, 0.29) is 11.7 Å². The molecule has 2 heterocycles. The summed E-state index contributed by atoms with van der Waals surface area (Å²) in [5.74, 6) is 1.16. The number of carbonyl (C=O) groups is 1. The molecule has 82 valence electrons. The number of piperidine rings is 1. The molecule has 0 bridgehead atoms. The molecule has 3 nitrogen and oxygen atoms in total. The molecule has 0 aromatic carbocycles. The van der Waals surface area contributed by atoms with Crippen LogP contribution in [0.5, 0.6) is 5.75 Å². The normalized spacial score (nSPS) is 17.7. The molecule has 0 amide bonds. The zero-order chi connectivity index (χ0) is 10.7. The van der Waals surface area contributed by atoms with Crippen LogP contribution >= 0.6 is 11.3 Å². The van der Waals surface area contributed by atoms with Gasteiger partial charge in [0.25, 0.3) is 0 Å². The quantitative estimate of drug-likeness (QED) is 0.799. The van der Waals surface area contributed by atoms with Crippen molar-refractivity contribution in [1.29, 1.82) is 0 Å². The molecule has 1 N–H and O–H groups in total. The summed E-state index contributed by atoms with van der Waals surface area (Å²) < 4.78 is 5.17. The van der Waals surface area contributed by atoms with Gasteiger partial charge in [-0.05, 0) is 37.4 Å². The number of ketones is 1. The van der Waals surface area contributed by atoms with Crippen molar-refractivity contribution in [3.05, 3.63) is 16.3 Å². The number of methoxy groups -OCH3 is 1. The fraction of sp³-hybridized carbons (Fsp3) is 0.545. The Balaban J connectivity index is 2.12. The molecule has 0 atom stereocenters. The maximum atomic E-state index is 12.1. The molecule has 4 heteroatoms. The Kier molecular flexibility index (Phi) is 3.38. The van der Waals surface area contributed by atoms with E-state index in [0.717, 1.165) is 36.6 Å². The highest BCUT2D eigenvalue weighted by Crippen LogP contribution is 2.29. The first-order chi connectivity index (χ1) is 7.33. The van der Waals surface area contributed by atoms with Crippen molar-refractivity contribution in [3.8, 4) is 5.75 Å². The van der Waals surface area contributed by atoms with E-state index in [1.807, 2.05) is 11.4 Å². The fourth-order valence-electron chi connectivity index (χ4n) is 1.91. The number of Topliss-reactive ketones (excluding diaryl/α,β-unsaturated/α-hetero) is 1. The van der Waals surface area contributed by atoms with Crippen molar-refractivity contribution >= 4 is 17.1 Å². The first-order valence-electron chi connectivity index (χ1n) is 5.19. The Morgan fingerprint density at radius 3 is 2.93 bits per heavy atom. The first kappa shape index (κ1) is 10.6. The zero-order valence-electron chi connectivity index (χ0n) is 8.79. The van der Waals surface area contributed by atoms with Crippen molar-refractivity contribution in [1.82, 2.24) is 5.32 Å². The smallest absolute Gasteiger partial charge is 0.179 e. The summed E-state index contributed by atoms with van der Waals surface area (Å²) >= 11 is 1.48.